The van der Waals surface area contributed by atoms with Crippen LogP contribution in [-0.2, 0) is 6.42 Å². The first-order valence-electron chi connectivity index (χ1n) is 6.63. The van der Waals surface area contributed by atoms with Crippen LogP contribution < -0.4 is 5.32 Å². The molecule has 0 amide bonds. The van der Waals surface area contributed by atoms with Gasteiger partial charge in [-0.2, -0.15) is 0 Å². The summed E-state index contributed by atoms with van der Waals surface area (Å²) < 4.78 is 0. The minimum absolute atomic E-state index is 0.490. The van der Waals surface area contributed by atoms with Gasteiger partial charge < -0.3 is 5.32 Å². The maximum Gasteiger partial charge on any atom is 0.0414 e. The van der Waals surface area contributed by atoms with Crippen molar-refractivity contribution in [2.75, 3.05) is 0 Å². The van der Waals surface area contributed by atoms with Gasteiger partial charge in [0.25, 0.3) is 0 Å². The molecule has 2 unspecified atom stereocenters. The number of rotatable bonds is 6. The fourth-order valence-corrected chi connectivity index (χ4v) is 3.13. The lowest BCUT2D eigenvalue weighted by Gasteiger charge is -2.21. The molecule has 1 aromatic heterocycles. The van der Waals surface area contributed by atoms with E-state index in [-0.39, 0.29) is 0 Å². The van der Waals surface area contributed by atoms with Gasteiger partial charge in [0.15, 0.2) is 0 Å². The topological polar surface area (TPSA) is 12.0 Å². The summed E-state index contributed by atoms with van der Waals surface area (Å²) in [7, 11) is 0. The van der Waals surface area contributed by atoms with Crippen LogP contribution in [0.5, 0.6) is 0 Å². The first-order valence-corrected chi connectivity index (χ1v) is 7.51. The summed E-state index contributed by atoms with van der Waals surface area (Å²) in [5, 5.41) is 5.88. The number of nitrogens with one attached hydrogen (secondary N) is 1. The summed E-state index contributed by atoms with van der Waals surface area (Å²) in [6, 6.07) is 16.0. The first-order chi connectivity index (χ1) is 8.79. The van der Waals surface area contributed by atoms with Crippen LogP contribution in [0.1, 0.15) is 36.8 Å². The van der Waals surface area contributed by atoms with Gasteiger partial charge >= 0.3 is 0 Å². The van der Waals surface area contributed by atoms with Gasteiger partial charge in [-0.1, -0.05) is 43.3 Å². The standard InChI is InChI=1S/C16H21NS/c1-3-15(16-10-7-11-18-16)17-13(2)12-14-8-5-4-6-9-14/h4-11,13,15,17H,3,12H2,1-2H3. The van der Waals surface area contributed by atoms with Gasteiger partial charge in [-0.25, -0.2) is 0 Å². The van der Waals surface area contributed by atoms with Gasteiger partial charge in [-0.3, -0.25) is 0 Å². The van der Waals surface area contributed by atoms with Gasteiger partial charge in [-0.05, 0) is 36.8 Å². The Morgan fingerprint density at radius 1 is 1.11 bits per heavy atom. The van der Waals surface area contributed by atoms with E-state index in [9.17, 15) is 0 Å². The molecule has 1 N–H and O–H groups in total. The second kappa shape index (κ2) is 6.72. The summed E-state index contributed by atoms with van der Waals surface area (Å²) in [6.07, 6.45) is 2.22. The van der Waals surface area contributed by atoms with Gasteiger partial charge in [0, 0.05) is 17.0 Å². The molecule has 0 radical (unpaired) electrons. The van der Waals surface area contributed by atoms with E-state index in [0.717, 1.165) is 12.8 Å². The van der Waals surface area contributed by atoms with Crippen molar-refractivity contribution in [3.63, 3.8) is 0 Å². The smallest absolute Gasteiger partial charge is 0.0414 e. The molecule has 0 spiro atoms. The van der Waals surface area contributed by atoms with E-state index in [0.29, 0.717) is 12.1 Å². The zero-order valence-electron chi connectivity index (χ0n) is 11.1. The van der Waals surface area contributed by atoms with Crippen molar-refractivity contribution in [2.24, 2.45) is 0 Å². The Bertz CT molecular complexity index is 435. The van der Waals surface area contributed by atoms with Crippen LogP contribution in [0.25, 0.3) is 0 Å². The molecule has 0 saturated carbocycles. The zero-order chi connectivity index (χ0) is 12.8. The lowest BCUT2D eigenvalue weighted by molar-refractivity contribution is 0.448. The molecule has 1 heterocycles. The van der Waals surface area contributed by atoms with Crippen molar-refractivity contribution in [1.29, 1.82) is 0 Å². The molecule has 96 valence electrons. The van der Waals surface area contributed by atoms with Crippen molar-refractivity contribution in [2.45, 2.75) is 38.8 Å². The summed E-state index contributed by atoms with van der Waals surface area (Å²) >= 11 is 1.84. The molecule has 2 heteroatoms. The van der Waals surface area contributed by atoms with Gasteiger partial charge in [0.2, 0.25) is 0 Å². The molecule has 0 aliphatic heterocycles. The molecule has 0 aliphatic rings. The van der Waals surface area contributed by atoms with E-state index in [1.54, 1.807) is 0 Å². The maximum atomic E-state index is 3.73. The average molecular weight is 259 g/mol. The maximum absolute atomic E-state index is 3.73. The molecule has 1 aromatic carbocycles. The van der Waals surface area contributed by atoms with E-state index in [2.05, 4.69) is 67.0 Å². The lowest BCUT2D eigenvalue weighted by atomic mass is 10.1. The first kappa shape index (κ1) is 13.3. The Labute approximate surface area is 114 Å². The highest BCUT2D eigenvalue weighted by Crippen LogP contribution is 2.22. The van der Waals surface area contributed by atoms with E-state index in [1.807, 2.05) is 11.3 Å². The molecular weight excluding hydrogens is 238 g/mol. The van der Waals surface area contributed by atoms with E-state index >= 15 is 0 Å². The molecule has 0 fully saturated rings. The number of hydrogen-bond donors (Lipinski definition) is 1. The molecule has 18 heavy (non-hydrogen) atoms. The third-order valence-electron chi connectivity index (χ3n) is 3.17. The van der Waals surface area contributed by atoms with E-state index in [1.165, 1.54) is 10.4 Å². The van der Waals surface area contributed by atoms with Crippen LogP contribution in [-0.4, -0.2) is 6.04 Å². The molecule has 0 bridgehead atoms. The van der Waals surface area contributed by atoms with Crippen molar-refractivity contribution in [1.82, 2.24) is 5.32 Å². The lowest BCUT2D eigenvalue weighted by Crippen LogP contribution is -2.31. The molecule has 0 aliphatic carbocycles. The fraction of sp³-hybridized carbons (Fsp3) is 0.375. The second-order valence-corrected chi connectivity index (χ2v) is 5.71. The molecule has 1 nitrogen and oxygen atoms in total. The second-order valence-electron chi connectivity index (χ2n) is 4.73. The van der Waals surface area contributed by atoms with Crippen LogP contribution in [0.2, 0.25) is 0 Å². The molecule has 2 rings (SSSR count). The molecule has 2 aromatic rings. The van der Waals surface area contributed by atoms with E-state index < -0.39 is 0 Å². The molecule has 0 saturated heterocycles. The van der Waals surface area contributed by atoms with Crippen molar-refractivity contribution >= 4 is 11.3 Å². The predicted octanol–water partition coefficient (Wildman–Crippen LogP) is 4.42. The highest BCUT2D eigenvalue weighted by Gasteiger charge is 2.13. The van der Waals surface area contributed by atoms with Gasteiger partial charge in [-0.15, -0.1) is 11.3 Å². The Balaban J connectivity index is 1.92. The highest BCUT2D eigenvalue weighted by atomic mass is 32.1. The number of thiophene rings is 1. The van der Waals surface area contributed by atoms with Crippen molar-refractivity contribution < 1.29 is 0 Å². The minimum Gasteiger partial charge on any atom is -0.306 e. The van der Waals surface area contributed by atoms with E-state index in [4.69, 9.17) is 0 Å². The third kappa shape index (κ3) is 3.69. The Morgan fingerprint density at radius 2 is 1.89 bits per heavy atom. The predicted molar refractivity (Wildman–Crippen MR) is 80.1 cm³/mol. The number of benzene rings is 1. The van der Waals surface area contributed by atoms with Crippen LogP contribution in [0.4, 0.5) is 0 Å². The SMILES string of the molecule is CCC(NC(C)Cc1ccccc1)c1cccs1. The zero-order valence-corrected chi connectivity index (χ0v) is 11.9. The van der Waals surface area contributed by atoms with Crippen LogP contribution in [0, 0.1) is 0 Å². The summed E-state index contributed by atoms with van der Waals surface area (Å²) in [4.78, 5) is 1.44. The summed E-state index contributed by atoms with van der Waals surface area (Å²) in [6.45, 7) is 4.51. The van der Waals surface area contributed by atoms with Gasteiger partial charge in [0.05, 0.1) is 0 Å². The summed E-state index contributed by atoms with van der Waals surface area (Å²) in [5.41, 5.74) is 1.40. The van der Waals surface area contributed by atoms with Crippen LogP contribution >= 0.6 is 11.3 Å². The van der Waals surface area contributed by atoms with Crippen LogP contribution in [0.3, 0.4) is 0 Å². The largest absolute Gasteiger partial charge is 0.306 e. The monoisotopic (exact) mass is 259 g/mol. The highest BCUT2D eigenvalue weighted by molar-refractivity contribution is 7.10. The Morgan fingerprint density at radius 3 is 2.50 bits per heavy atom. The van der Waals surface area contributed by atoms with Crippen LogP contribution in [0.15, 0.2) is 47.8 Å². The molecular formula is C16H21NS. The third-order valence-corrected chi connectivity index (χ3v) is 4.15. The average Bonchev–Trinajstić information content (AvgIpc) is 2.91. The van der Waals surface area contributed by atoms with Crippen molar-refractivity contribution in [3.8, 4) is 0 Å². The summed E-state index contributed by atoms with van der Waals surface area (Å²) in [5.74, 6) is 0. The fourth-order valence-electron chi connectivity index (χ4n) is 2.26. The number of hydrogen-bond acceptors (Lipinski definition) is 2. The normalized spacial score (nSPS) is 14.3. The van der Waals surface area contributed by atoms with Crippen molar-refractivity contribution in [3.05, 3.63) is 58.3 Å². The Hall–Kier alpha value is -1.12. The minimum atomic E-state index is 0.490. The van der Waals surface area contributed by atoms with Gasteiger partial charge in [0.1, 0.15) is 0 Å². The Kier molecular flexibility index (Phi) is 4.97. The molecule has 2 atom stereocenters. The quantitative estimate of drug-likeness (QED) is 0.809.